The number of benzene rings is 1. The van der Waals surface area contributed by atoms with E-state index in [4.69, 9.17) is 5.73 Å². The normalized spacial score (nSPS) is 15.0. The molecule has 1 aromatic heterocycles. The van der Waals surface area contributed by atoms with Crippen LogP contribution in [0.2, 0.25) is 0 Å². The molecule has 1 aliphatic heterocycles. The van der Waals surface area contributed by atoms with Gasteiger partial charge in [0.05, 0.1) is 5.69 Å². The number of alkyl halides is 3. The van der Waals surface area contributed by atoms with E-state index in [-0.39, 0.29) is 35.4 Å². The Bertz CT molecular complexity index is 842. The minimum absolute atomic E-state index is 0.0236. The zero-order valence-corrected chi connectivity index (χ0v) is 14.0. The van der Waals surface area contributed by atoms with E-state index in [9.17, 15) is 22.8 Å². The van der Waals surface area contributed by atoms with Gasteiger partial charge >= 0.3 is 11.5 Å². The maximum atomic E-state index is 12.5. The Balaban J connectivity index is 1.74. The van der Waals surface area contributed by atoms with Crippen molar-refractivity contribution in [1.82, 2.24) is 9.88 Å². The second-order valence-corrected chi connectivity index (χ2v) is 6.64. The molecule has 1 aliphatic rings. The molecule has 2 N–H and O–H groups in total. The van der Waals surface area contributed by atoms with E-state index in [0.29, 0.717) is 5.82 Å². The monoisotopic (exact) mass is 382 g/mol. The van der Waals surface area contributed by atoms with Gasteiger partial charge in [0.15, 0.2) is 0 Å². The quantitative estimate of drug-likeness (QED) is 0.649. The lowest BCUT2D eigenvalue weighted by Crippen LogP contribution is -2.32. The van der Waals surface area contributed by atoms with Gasteiger partial charge in [-0.1, -0.05) is 0 Å². The molecule has 1 saturated heterocycles. The van der Waals surface area contributed by atoms with E-state index in [1.807, 2.05) is 0 Å². The summed E-state index contributed by atoms with van der Waals surface area (Å²) in [5, 5.41) is 0. The number of imide groups is 1. The predicted molar refractivity (Wildman–Crippen MR) is 90.3 cm³/mol. The lowest BCUT2D eigenvalue weighted by Gasteiger charge is -2.17. The molecule has 0 bridgehead atoms. The van der Waals surface area contributed by atoms with Gasteiger partial charge in [0.2, 0.25) is 0 Å². The van der Waals surface area contributed by atoms with Crippen molar-refractivity contribution in [2.45, 2.75) is 16.9 Å². The first-order chi connectivity index (χ1) is 12.2. The highest BCUT2D eigenvalue weighted by molar-refractivity contribution is 8.00. The number of carbonyl (C=O) groups is 2. The minimum Gasteiger partial charge on any atom is -0.384 e. The van der Waals surface area contributed by atoms with Gasteiger partial charge in [-0.15, -0.1) is 0 Å². The van der Waals surface area contributed by atoms with Gasteiger partial charge in [-0.05, 0) is 53.7 Å². The molecule has 0 unspecified atom stereocenters. The van der Waals surface area contributed by atoms with Crippen LogP contribution in [-0.2, 0) is 11.3 Å². The van der Waals surface area contributed by atoms with E-state index in [1.165, 1.54) is 35.4 Å². The number of nitrogens with zero attached hydrogens (tertiary/aromatic N) is 3. The molecule has 26 heavy (non-hydrogen) atoms. The number of rotatable bonds is 4. The number of thioether (sulfide) groups is 1. The number of hydrogen-bond acceptors (Lipinski definition) is 5. The summed E-state index contributed by atoms with van der Waals surface area (Å²) in [6.45, 7) is 0.0515. The summed E-state index contributed by atoms with van der Waals surface area (Å²) in [4.78, 5) is 30.8. The Kier molecular flexibility index (Phi) is 4.77. The van der Waals surface area contributed by atoms with Crippen molar-refractivity contribution in [1.29, 1.82) is 0 Å². The molecule has 1 fully saturated rings. The number of aromatic nitrogens is 1. The van der Waals surface area contributed by atoms with Crippen LogP contribution in [0.5, 0.6) is 0 Å². The molecule has 0 atom stereocenters. The van der Waals surface area contributed by atoms with Gasteiger partial charge in [-0.25, -0.2) is 14.7 Å². The highest BCUT2D eigenvalue weighted by Gasteiger charge is 2.37. The molecule has 2 aromatic rings. The molecule has 0 spiro atoms. The number of nitrogens with two attached hydrogens (primary N) is 1. The van der Waals surface area contributed by atoms with Crippen LogP contribution in [0.25, 0.3) is 0 Å². The lowest BCUT2D eigenvalue weighted by atomic mass is 10.2. The minimum atomic E-state index is -4.40. The van der Waals surface area contributed by atoms with E-state index in [1.54, 1.807) is 12.1 Å². The molecule has 10 heteroatoms. The number of amides is 3. The van der Waals surface area contributed by atoms with Crippen LogP contribution in [0.15, 0.2) is 47.5 Å². The van der Waals surface area contributed by atoms with Crippen LogP contribution in [-0.4, -0.2) is 33.9 Å². The molecule has 3 amide bonds. The molecular weight excluding hydrogens is 369 g/mol. The number of urea groups is 1. The molecule has 136 valence electrons. The topological polar surface area (TPSA) is 79.5 Å². The zero-order valence-electron chi connectivity index (χ0n) is 13.2. The summed E-state index contributed by atoms with van der Waals surface area (Å²) in [7, 11) is 0. The van der Waals surface area contributed by atoms with E-state index in [0.717, 1.165) is 10.5 Å². The van der Waals surface area contributed by atoms with Crippen LogP contribution in [0.1, 0.15) is 5.56 Å². The van der Waals surface area contributed by atoms with Crippen LogP contribution in [0, 0.1) is 0 Å². The highest BCUT2D eigenvalue weighted by Crippen LogP contribution is 2.37. The number of nitrogen functional groups attached to an aromatic ring is 1. The molecule has 0 radical (unpaired) electrons. The number of halogens is 3. The summed E-state index contributed by atoms with van der Waals surface area (Å²) >= 11 is -0.259. The van der Waals surface area contributed by atoms with Crippen molar-refractivity contribution >= 4 is 35.2 Å². The van der Waals surface area contributed by atoms with Crippen molar-refractivity contribution in [3.05, 3.63) is 48.2 Å². The van der Waals surface area contributed by atoms with Gasteiger partial charge in [0, 0.05) is 17.6 Å². The van der Waals surface area contributed by atoms with E-state index in [2.05, 4.69) is 4.98 Å². The fraction of sp³-hybridized carbons (Fsp3) is 0.188. The van der Waals surface area contributed by atoms with Gasteiger partial charge in [-0.2, -0.15) is 13.2 Å². The Morgan fingerprint density at radius 2 is 1.85 bits per heavy atom. The summed E-state index contributed by atoms with van der Waals surface area (Å²) in [5.74, 6) is -0.150. The molecule has 0 saturated carbocycles. The largest absolute Gasteiger partial charge is 0.446 e. The first-order valence-corrected chi connectivity index (χ1v) is 8.23. The third kappa shape index (κ3) is 4.07. The third-order valence-electron chi connectivity index (χ3n) is 3.58. The van der Waals surface area contributed by atoms with E-state index < -0.39 is 17.4 Å². The average Bonchev–Trinajstić information content (AvgIpc) is 2.81. The van der Waals surface area contributed by atoms with Crippen LogP contribution in [0.3, 0.4) is 0 Å². The van der Waals surface area contributed by atoms with Crippen molar-refractivity contribution in [3.8, 4) is 0 Å². The third-order valence-corrected chi connectivity index (χ3v) is 4.32. The number of carbonyl (C=O) groups excluding carboxylic acids is 2. The van der Waals surface area contributed by atoms with Crippen LogP contribution in [0.4, 0.5) is 29.5 Å². The summed E-state index contributed by atoms with van der Waals surface area (Å²) < 4.78 is 37.1. The number of hydrogen-bond donors (Lipinski definition) is 1. The predicted octanol–water partition coefficient (Wildman–Crippen LogP) is 3.24. The van der Waals surface area contributed by atoms with Crippen LogP contribution >= 0.6 is 11.8 Å². The average molecular weight is 382 g/mol. The van der Waals surface area contributed by atoms with Gasteiger partial charge < -0.3 is 10.6 Å². The first kappa shape index (κ1) is 18.1. The number of anilines is 2. The second-order valence-electron chi connectivity index (χ2n) is 5.50. The first-order valence-electron chi connectivity index (χ1n) is 7.41. The number of pyridine rings is 1. The van der Waals surface area contributed by atoms with Gasteiger partial charge in [0.25, 0.3) is 5.91 Å². The molecule has 3 rings (SSSR count). The smallest absolute Gasteiger partial charge is 0.384 e. The standard InChI is InChI=1S/C16H13F3N4O2S/c17-16(18,19)26-12-3-1-11(2-4-12)23-14(24)9-22(15(23)25)8-10-5-6-21-13(20)7-10/h1-7H,8-9H2,(H2,20,21). The molecule has 1 aromatic carbocycles. The maximum Gasteiger partial charge on any atom is 0.446 e. The van der Waals surface area contributed by atoms with Crippen molar-refractivity contribution in [3.63, 3.8) is 0 Å². The van der Waals surface area contributed by atoms with Crippen molar-refractivity contribution < 1.29 is 22.8 Å². The molecule has 0 aliphatic carbocycles. The Hall–Kier alpha value is -2.75. The van der Waals surface area contributed by atoms with Crippen molar-refractivity contribution in [2.24, 2.45) is 0 Å². The highest BCUT2D eigenvalue weighted by atomic mass is 32.2. The Morgan fingerprint density at radius 3 is 2.46 bits per heavy atom. The van der Waals surface area contributed by atoms with Gasteiger partial charge in [0.1, 0.15) is 12.4 Å². The summed E-state index contributed by atoms with van der Waals surface area (Å²) in [5.41, 5.74) is 2.14. The second kappa shape index (κ2) is 6.87. The Morgan fingerprint density at radius 1 is 1.15 bits per heavy atom. The SMILES string of the molecule is Nc1cc(CN2CC(=O)N(c3ccc(SC(F)(F)F)cc3)C2=O)ccn1. The fourth-order valence-corrected chi connectivity index (χ4v) is 3.08. The molecule has 2 heterocycles. The molecule has 6 nitrogen and oxygen atoms in total. The lowest BCUT2D eigenvalue weighted by molar-refractivity contribution is -0.116. The summed E-state index contributed by atoms with van der Waals surface area (Å²) in [6.07, 6.45) is 1.50. The van der Waals surface area contributed by atoms with Crippen molar-refractivity contribution in [2.75, 3.05) is 17.2 Å². The fourth-order valence-electron chi connectivity index (χ4n) is 2.54. The van der Waals surface area contributed by atoms with E-state index >= 15 is 0 Å². The molecular formula is C16H13F3N4O2S. The zero-order chi connectivity index (χ0) is 18.9. The van der Waals surface area contributed by atoms with Crippen LogP contribution < -0.4 is 10.6 Å². The Labute approximate surface area is 150 Å². The maximum absolute atomic E-state index is 12.5. The summed E-state index contributed by atoms with van der Waals surface area (Å²) in [6, 6.07) is 7.82. The van der Waals surface area contributed by atoms with Gasteiger partial charge in [-0.3, -0.25) is 4.79 Å².